The summed E-state index contributed by atoms with van der Waals surface area (Å²) in [5.41, 5.74) is 1.38. The van der Waals surface area contributed by atoms with E-state index in [1.807, 2.05) is 0 Å². The number of imidazole rings is 1. The number of hydrogen-bond acceptors (Lipinski definition) is 4. The Balaban J connectivity index is 1.98. The number of aliphatic carboxylic acids is 1. The first-order valence-electron chi connectivity index (χ1n) is 6.30. The molecule has 2 rings (SSSR count). The maximum absolute atomic E-state index is 11.9. The van der Waals surface area contributed by atoms with E-state index in [2.05, 4.69) is 14.7 Å². The molecule has 0 aliphatic heterocycles. The van der Waals surface area contributed by atoms with Crippen molar-refractivity contribution in [1.29, 1.82) is 0 Å². The summed E-state index contributed by atoms with van der Waals surface area (Å²) in [7, 11) is -3.71. The molecule has 0 fully saturated rings. The number of aryl methyl sites for hydroxylation is 1. The van der Waals surface area contributed by atoms with Gasteiger partial charge in [-0.25, -0.2) is 4.98 Å². The van der Waals surface area contributed by atoms with Crippen LogP contribution in [0.1, 0.15) is 18.4 Å². The second-order valence-corrected chi connectivity index (χ2v) is 6.04. The zero-order valence-electron chi connectivity index (χ0n) is 11.1. The first-order valence-corrected chi connectivity index (χ1v) is 7.78. The molecule has 0 bridgehead atoms. The third-order valence-electron chi connectivity index (χ3n) is 2.79. The molecule has 3 N–H and O–H groups in total. The summed E-state index contributed by atoms with van der Waals surface area (Å²) in [5, 5.41) is 8.42. The molecule has 0 saturated carbocycles. The van der Waals surface area contributed by atoms with Gasteiger partial charge in [-0.3, -0.25) is 9.52 Å². The molecule has 0 saturated heterocycles. The maximum atomic E-state index is 11.9. The number of aromatic nitrogens is 2. The molecule has 0 aliphatic rings. The minimum Gasteiger partial charge on any atom is -0.481 e. The quantitative estimate of drug-likeness (QED) is 0.719. The molecular formula is C13H15N3O4S. The third kappa shape index (κ3) is 4.32. The van der Waals surface area contributed by atoms with Crippen molar-refractivity contribution < 1.29 is 18.3 Å². The smallest absolute Gasteiger partial charge is 0.303 e. The summed E-state index contributed by atoms with van der Waals surface area (Å²) in [4.78, 5) is 16.7. The van der Waals surface area contributed by atoms with Crippen LogP contribution in [0.25, 0.3) is 0 Å². The van der Waals surface area contributed by atoms with Gasteiger partial charge in [0.2, 0.25) is 5.16 Å². The largest absolute Gasteiger partial charge is 0.481 e. The number of H-pyrrole nitrogens is 1. The number of carboxylic acids is 1. The molecule has 0 spiro atoms. The molecule has 2 aromatic rings. The van der Waals surface area contributed by atoms with E-state index in [1.54, 1.807) is 24.3 Å². The lowest BCUT2D eigenvalue weighted by molar-refractivity contribution is -0.137. The van der Waals surface area contributed by atoms with Crippen molar-refractivity contribution in [3.05, 3.63) is 42.2 Å². The average molecular weight is 309 g/mol. The van der Waals surface area contributed by atoms with E-state index < -0.39 is 16.0 Å². The van der Waals surface area contributed by atoms with Gasteiger partial charge in [0.1, 0.15) is 0 Å². The van der Waals surface area contributed by atoms with Gasteiger partial charge in [0.25, 0.3) is 10.0 Å². The lowest BCUT2D eigenvalue weighted by atomic mass is 10.1. The van der Waals surface area contributed by atoms with Gasteiger partial charge in [-0.15, -0.1) is 0 Å². The van der Waals surface area contributed by atoms with E-state index in [1.165, 1.54) is 12.4 Å². The summed E-state index contributed by atoms with van der Waals surface area (Å²) in [6, 6.07) is 6.80. The minimum absolute atomic E-state index is 0.118. The van der Waals surface area contributed by atoms with Crippen molar-refractivity contribution in [2.45, 2.75) is 24.4 Å². The minimum atomic E-state index is -3.71. The number of anilines is 1. The zero-order valence-corrected chi connectivity index (χ0v) is 11.9. The van der Waals surface area contributed by atoms with Gasteiger partial charge in [0.05, 0.1) is 0 Å². The van der Waals surface area contributed by atoms with Crippen LogP contribution in [0.15, 0.2) is 41.8 Å². The molecule has 0 radical (unpaired) electrons. The second kappa shape index (κ2) is 6.40. The fourth-order valence-corrected chi connectivity index (χ4v) is 2.75. The molecule has 112 valence electrons. The zero-order chi connectivity index (χ0) is 15.3. The van der Waals surface area contributed by atoms with Crippen molar-refractivity contribution in [3.8, 4) is 0 Å². The Kier molecular flexibility index (Phi) is 4.59. The molecule has 21 heavy (non-hydrogen) atoms. The van der Waals surface area contributed by atoms with Gasteiger partial charge in [0, 0.05) is 24.5 Å². The van der Waals surface area contributed by atoms with Crippen LogP contribution in [-0.4, -0.2) is 29.5 Å². The van der Waals surface area contributed by atoms with E-state index in [-0.39, 0.29) is 11.6 Å². The molecule has 1 aromatic carbocycles. The lowest BCUT2D eigenvalue weighted by Gasteiger charge is -2.06. The van der Waals surface area contributed by atoms with Crippen molar-refractivity contribution in [2.24, 2.45) is 0 Å². The Hall–Kier alpha value is -2.35. The first kappa shape index (κ1) is 15.0. The second-order valence-electron chi connectivity index (χ2n) is 4.44. The van der Waals surface area contributed by atoms with Gasteiger partial charge in [-0.1, -0.05) is 12.1 Å². The first-order chi connectivity index (χ1) is 9.97. The molecule has 0 aliphatic carbocycles. The molecule has 1 aromatic heterocycles. The van der Waals surface area contributed by atoms with Crippen LogP contribution in [0.2, 0.25) is 0 Å². The molecule has 7 nitrogen and oxygen atoms in total. The SMILES string of the molecule is O=C(O)CCCc1ccc(NS(=O)(=O)c2ncc[nH]2)cc1. The molecule has 0 atom stereocenters. The number of nitrogens with one attached hydrogen (secondary N) is 2. The Bertz CT molecular complexity index is 694. The van der Waals surface area contributed by atoms with Gasteiger partial charge < -0.3 is 10.1 Å². The average Bonchev–Trinajstić information content (AvgIpc) is 2.95. The highest BCUT2D eigenvalue weighted by atomic mass is 32.2. The Morgan fingerprint density at radius 2 is 2.00 bits per heavy atom. The van der Waals surface area contributed by atoms with Crippen LogP contribution in [0.3, 0.4) is 0 Å². The van der Waals surface area contributed by atoms with Crippen LogP contribution in [-0.2, 0) is 21.2 Å². The fourth-order valence-electron chi connectivity index (χ4n) is 1.78. The van der Waals surface area contributed by atoms with Gasteiger partial charge in [0.15, 0.2) is 0 Å². The van der Waals surface area contributed by atoms with Crippen LogP contribution in [0.4, 0.5) is 5.69 Å². The van der Waals surface area contributed by atoms with E-state index in [0.29, 0.717) is 18.5 Å². The summed E-state index contributed by atoms with van der Waals surface area (Å²) < 4.78 is 26.3. The summed E-state index contributed by atoms with van der Waals surface area (Å²) in [6.45, 7) is 0. The molecule has 0 unspecified atom stereocenters. The Morgan fingerprint density at radius 1 is 1.29 bits per heavy atom. The van der Waals surface area contributed by atoms with E-state index in [9.17, 15) is 13.2 Å². The highest BCUT2D eigenvalue weighted by Crippen LogP contribution is 2.15. The summed E-state index contributed by atoms with van der Waals surface area (Å²) >= 11 is 0. The number of aromatic amines is 1. The number of sulfonamides is 1. The molecular weight excluding hydrogens is 294 g/mol. The molecule has 8 heteroatoms. The Morgan fingerprint density at radius 3 is 2.57 bits per heavy atom. The predicted molar refractivity (Wildman–Crippen MR) is 76.4 cm³/mol. The number of benzene rings is 1. The predicted octanol–water partition coefficient (Wildman–Crippen LogP) is 1.62. The number of rotatable bonds is 7. The number of nitrogens with zero attached hydrogens (tertiary/aromatic N) is 1. The van der Waals surface area contributed by atoms with Crippen molar-refractivity contribution in [2.75, 3.05) is 4.72 Å². The molecule has 0 amide bonds. The third-order valence-corrected chi connectivity index (χ3v) is 4.03. The molecule has 1 heterocycles. The van der Waals surface area contributed by atoms with Gasteiger partial charge in [-0.05, 0) is 30.5 Å². The highest BCUT2D eigenvalue weighted by molar-refractivity contribution is 7.92. The van der Waals surface area contributed by atoms with E-state index in [0.717, 1.165) is 5.56 Å². The Labute approximate surface area is 122 Å². The fraction of sp³-hybridized carbons (Fsp3) is 0.231. The number of carbonyl (C=O) groups is 1. The summed E-state index contributed by atoms with van der Waals surface area (Å²) in [6.07, 6.45) is 4.09. The van der Waals surface area contributed by atoms with Crippen LogP contribution in [0.5, 0.6) is 0 Å². The van der Waals surface area contributed by atoms with Crippen LogP contribution < -0.4 is 4.72 Å². The lowest BCUT2D eigenvalue weighted by Crippen LogP contribution is -2.14. The van der Waals surface area contributed by atoms with Crippen LogP contribution >= 0.6 is 0 Å². The van der Waals surface area contributed by atoms with Crippen LogP contribution in [0, 0.1) is 0 Å². The standard InChI is InChI=1S/C13H15N3O4S/c17-12(18)3-1-2-10-4-6-11(7-5-10)16-21(19,20)13-14-8-9-15-13/h4-9,16H,1-3H2,(H,14,15)(H,17,18). The van der Waals surface area contributed by atoms with Crippen molar-refractivity contribution >= 4 is 21.7 Å². The van der Waals surface area contributed by atoms with E-state index >= 15 is 0 Å². The van der Waals surface area contributed by atoms with Crippen molar-refractivity contribution in [1.82, 2.24) is 9.97 Å². The maximum Gasteiger partial charge on any atom is 0.303 e. The van der Waals surface area contributed by atoms with Gasteiger partial charge >= 0.3 is 5.97 Å². The monoisotopic (exact) mass is 309 g/mol. The number of carboxylic acid groups (broad SMARTS) is 1. The highest BCUT2D eigenvalue weighted by Gasteiger charge is 2.16. The van der Waals surface area contributed by atoms with Crippen molar-refractivity contribution in [3.63, 3.8) is 0 Å². The topological polar surface area (TPSA) is 112 Å². The van der Waals surface area contributed by atoms with E-state index in [4.69, 9.17) is 5.11 Å². The number of hydrogen-bond donors (Lipinski definition) is 3. The van der Waals surface area contributed by atoms with Gasteiger partial charge in [-0.2, -0.15) is 8.42 Å². The summed E-state index contributed by atoms with van der Waals surface area (Å²) in [5.74, 6) is -0.821. The normalized spacial score (nSPS) is 11.2.